The van der Waals surface area contributed by atoms with Gasteiger partial charge in [0.2, 0.25) is 0 Å². The topological polar surface area (TPSA) is 49.8 Å². The lowest BCUT2D eigenvalue weighted by Gasteiger charge is -2.20. The van der Waals surface area contributed by atoms with E-state index in [0.29, 0.717) is 12.1 Å². The second-order valence-electron chi connectivity index (χ2n) is 5.01. The molecule has 0 atom stereocenters. The number of anilines is 1. The average molecular weight is 285 g/mol. The predicted octanol–water partition coefficient (Wildman–Crippen LogP) is 3.12. The number of carbonyl (C=O) groups excluding carboxylic acids is 1. The highest BCUT2D eigenvalue weighted by molar-refractivity contribution is 5.91. The number of methoxy groups -OCH3 is 1. The lowest BCUT2D eigenvalue weighted by molar-refractivity contribution is 0.0600. The molecule has 4 nitrogen and oxygen atoms in total. The Balaban J connectivity index is 2.14. The molecule has 0 aliphatic rings. The van der Waals surface area contributed by atoms with E-state index in [4.69, 9.17) is 4.74 Å². The molecule has 0 amide bonds. The van der Waals surface area contributed by atoms with Crippen LogP contribution in [0, 0.1) is 6.92 Å². The minimum atomic E-state index is -0.314. The first-order valence-corrected chi connectivity index (χ1v) is 6.69. The molecule has 2 rings (SSSR count). The van der Waals surface area contributed by atoms with E-state index in [0.717, 1.165) is 16.8 Å². The molecule has 0 aliphatic heterocycles. The van der Waals surface area contributed by atoms with E-state index in [9.17, 15) is 9.90 Å². The van der Waals surface area contributed by atoms with E-state index in [-0.39, 0.29) is 11.7 Å². The van der Waals surface area contributed by atoms with Gasteiger partial charge in [-0.25, -0.2) is 4.79 Å². The fourth-order valence-corrected chi connectivity index (χ4v) is 2.24. The van der Waals surface area contributed by atoms with Crippen molar-refractivity contribution in [3.05, 3.63) is 59.2 Å². The van der Waals surface area contributed by atoms with E-state index in [1.807, 2.05) is 38.2 Å². The van der Waals surface area contributed by atoms with Crippen molar-refractivity contribution in [3.8, 4) is 5.75 Å². The van der Waals surface area contributed by atoms with Gasteiger partial charge in [0.05, 0.1) is 12.7 Å². The first-order valence-electron chi connectivity index (χ1n) is 6.69. The molecule has 0 saturated heterocycles. The van der Waals surface area contributed by atoms with E-state index in [1.165, 1.54) is 7.11 Å². The Labute approximate surface area is 124 Å². The van der Waals surface area contributed by atoms with Gasteiger partial charge in [0.25, 0.3) is 0 Å². The normalized spacial score (nSPS) is 10.2. The van der Waals surface area contributed by atoms with Crippen molar-refractivity contribution in [2.75, 3.05) is 19.1 Å². The molecule has 0 unspecified atom stereocenters. The lowest BCUT2D eigenvalue weighted by Crippen LogP contribution is -2.16. The molecule has 0 aliphatic carbocycles. The summed E-state index contributed by atoms with van der Waals surface area (Å²) in [6, 6.07) is 12.8. The molecule has 2 aromatic carbocycles. The minimum absolute atomic E-state index is 0.255. The van der Waals surface area contributed by atoms with Crippen LogP contribution in [-0.4, -0.2) is 25.2 Å². The molecular formula is C17H19NO3. The van der Waals surface area contributed by atoms with Gasteiger partial charge in [-0.3, -0.25) is 0 Å². The zero-order valence-corrected chi connectivity index (χ0v) is 12.5. The zero-order chi connectivity index (χ0) is 15.4. The maximum atomic E-state index is 11.6. The number of rotatable bonds is 4. The van der Waals surface area contributed by atoms with E-state index < -0.39 is 0 Å². The van der Waals surface area contributed by atoms with Crippen molar-refractivity contribution >= 4 is 11.7 Å². The fourth-order valence-electron chi connectivity index (χ4n) is 2.24. The van der Waals surface area contributed by atoms with Crippen molar-refractivity contribution in [1.82, 2.24) is 0 Å². The van der Waals surface area contributed by atoms with Crippen LogP contribution in [0.5, 0.6) is 5.75 Å². The monoisotopic (exact) mass is 285 g/mol. The summed E-state index contributed by atoms with van der Waals surface area (Å²) in [6.45, 7) is 2.61. The molecule has 1 N–H and O–H groups in total. The lowest BCUT2D eigenvalue weighted by atomic mass is 10.0. The average Bonchev–Trinajstić information content (AvgIpc) is 2.47. The number of nitrogens with zero attached hydrogens (tertiary/aromatic N) is 1. The van der Waals surface area contributed by atoms with Crippen LogP contribution in [0.4, 0.5) is 5.69 Å². The fraction of sp³-hybridized carbons (Fsp3) is 0.235. The standard InChI is InChI=1S/C17H19NO3/c1-12-10-13(4-9-16(12)17(20)21-3)11-18(2)14-5-7-15(19)8-6-14/h4-10,19H,11H2,1-3H3. The van der Waals surface area contributed by atoms with Crippen molar-refractivity contribution in [2.24, 2.45) is 0 Å². The van der Waals surface area contributed by atoms with Gasteiger partial charge in [-0.1, -0.05) is 12.1 Å². The molecule has 0 bridgehead atoms. The number of ether oxygens (including phenoxy) is 1. The van der Waals surface area contributed by atoms with Crippen LogP contribution in [0.25, 0.3) is 0 Å². The Morgan fingerprint density at radius 2 is 1.86 bits per heavy atom. The second kappa shape index (κ2) is 6.31. The van der Waals surface area contributed by atoms with E-state index >= 15 is 0 Å². The molecule has 4 heteroatoms. The number of hydrogen-bond acceptors (Lipinski definition) is 4. The van der Waals surface area contributed by atoms with E-state index in [2.05, 4.69) is 4.90 Å². The maximum Gasteiger partial charge on any atom is 0.338 e. The Kier molecular flexibility index (Phi) is 4.48. The van der Waals surface area contributed by atoms with Gasteiger partial charge in [-0.15, -0.1) is 0 Å². The highest BCUT2D eigenvalue weighted by Gasteiger charge is 2.10. The Bertz CT molecular complexity index is 635. The highest BCUT2D eigenvalue weighted by atomic mass is 16.5. The van der Waals surface area contributed by atoms with Gasteiger partial charge in [-0.2, -0.15) is 0 Å². The van der Waals surface area contributed by atoms with E-state index in [1.54, 1.807) is 18.2 Å². The van der Waals surface area contributed by atoms with Gasteiger partial charge in [0.15, 0.2) is 0 Å². The summed E-state index contributed by atoms with van der Waals surface area (Å²) in [5.41, 5.74) is 3.62. The molecule has 21 heavy (non-hydrogen) atoms. The smallest absolute Gasteiger partial charge is 0.338 e. The third-order valence-electron chi connectivity index (χ3n) is 3.41. The molecule has 0 radical (unpaired) electrons. The van der Waals surface area contributed by atoms with Gasteiger partial charge in [-0.05, 0) is 48.4 Å². The van der Waals surface area contributed by atoms with Crippen LogP contribution in [0.3, 0.4) is 0 Å². The Morgan fingerprint density at radius 1 is 1.19 bits per heavy atom. The Morgan fingerprint density at radius 3 is 2.43 bits per heavy atom. The van der Waals surface area contributed by atoms with Crippen LogP contribution >= 0.6 is 0 Å². The number of aryl methyl sites for hydroxylation is 1. The highest BCUT2D eigenvalue weighted by Crippen LogP contribution is 2.20. The minimum Gasteiger partial charge on any atom is -0.508 e. The largest absolute Gasteiger partial charge is 0.508 e. The van der Waals surface area contributed by atoms with Crippen LogP contribution in [0.15, 0.2) is 42.5 Å². The van der Waals surface area contributed by atoms with Gasteiger partial charge >= 0.3 is 5.97 Å². The van der Waals surface area contributed by atoms with Crippen LogP contribution in [0.1, 0.15) is 21.5 Å². The molecule has 0 heterocycles. The molecular weight excluding hydrogens is 266 g/mol. The molecule has 0 aromatic heterocycles. The third-order valence-corrected chi connectivity index (χ3v) is 3.41. The van der Waals surface area contributed by atoms with Crippen molar-refractivity contribution < 1.29 is 14.6 Å². The Hall–Kier alpha value is -2.49. The summed E-state index contributed by atoms with van der Waals surface area (Å²) in [5.74, 6) is -0.0589. The van der Waals surface area contributed by atoms with Crippen LogP contribution in [0.2, 0.25) is 0 Å². The van der Waals surface area contributed by atoms with Crippen molar-refractivity contribution in [1.29, 1.82) is 0 Å². The number of aromatic hydroxyl groups is 1. The van der Waals surface area contributed by atoms with Crippen LogP contribution in [-0.2, 0) is 11.3 Å². The number of phenols is 1. The number of carbonyl (C=O) groups is 1. The first kappa shape index (κ1) is 14.9. The summed E-state index contributed by atoms with van der Waals surface area (Å²) in [5, 5.41) is 9.31. The molecule has 0 fully saturated rings. The SMILES string of the molecule is COC(=O)c1ccc(CN(C)c2ccc(O)cc2)cc1C. The summed E-state index contributed by atoms with van der Waals surface area (Å²) in [6.07, 6.45) is 0. The molecule has 0 spiro atoms. The van der Waals surface area contributed by atoms with Crippen molar-refractivity contribution in [2.45, 2.75) is 13.5 Å². The molecule has 2 aromatic rings. The number of phenolic OH excluding ortho intramolecular Hbond substituents is 1. The maximum absolute atomic E-state index is 11.6. The first-order chi connectivity index (χ1) is 10.0. The van der Waals surface area contributed by atoms with Crippen molar-refractivity contribution in [3.63, 3.8) is 0 Å². The predicted molar refractivity (Wildman–Crippen MR) is 82.7 cm³/mol. The number of esters is 1. The summed E-state index contributed by atoms with van der Waals surface area (Å²) < 4.78 is 4.75. The quantitative estimate of drug-likeness (QED) is 0.877. The zero-order valence-electron chi connectivity index (χ0n) is 12.5. The molecule has 0 saturated carbocycles. The van der Waals surface area contributed by atoms with Gasteiger partial charge in [0, 0.05) is 19.3 Å². The van der Waals surface area contributed by atoms with Gasteiger partial charge < -0.3 is 14.7 Å². The van der Waals surface area contributed by atoms with Crippen LogP contribution < -0.4 is 4.90 Å². The number of hydrogen-bond donors (Lipinski definition) is 1. The summed E-state index contributed by atoms with van der Waals surface area (Å²) in [7, 11) is 3.37. The van der Waals surface area contributed by atoms with Gasteiger partial charge in [0.1, 0.15) is 5.75 Å². The molecule has 110 valence electrons. The summed E-state index contributed by atoms with van der Waals surface area (Å²) in [4.78, 5) is 13.6. The number of benzene rings is 2. The summed E-state index contributed by atoms with van der Waals surface area (Å²) >= 11 is 0. The second-order valence-corrected chi connectivity index (χ2v) is 5.01. The third kappa shape index (κ3) is 3.54.